The zero-order valence-electron chi connectivity index (χ0n) is 5.08. The monoisotopic (exact) mass is 258 g/mol. The highest BCUT2D eigenvalue weighted by Gasteiger charge is 2.13. The van der Waals surface area contributed by atoms with E-state index >= 15 is 0 Å². The molecule has 10 heavy (non-hydrogen) atoms. The molecule has 0 rings (SSSR count). The molecule has 0 heterocycles. The van der Waals surface area contributed by atoms with E-state index in [4.69, 9.17) is 10.2 Å². The number of carboxylic acid groups (broad SMARTS) is 2. The minimum atomic E-state index is -0.957. The van der Waals surface area contributed by atoms with Gasteiger partial charge in [-0.15, -0.1) is 0 Å². The third kappa shape index (κ3) is 4.54. The lowest BCUT2D eigenvalue weighted by atomic mass is 10.2. The van der Waals surface area contributed by atoms with Crippen LogP contribution in [0, 0.1) is 0 Å². The number of hydrogen-bond acceptors (Lipinski definition) is 2. The van der Waals surface area contributed by atoms with Crippen LogP contribution >= 0.6 is 22.6 Å². The molecule has 0 aromatic heterocycles. The Hall–Kier alpha value is -0.330. The molecule has 0 saturated heterocycles. The second kappa shape index (κ2) is 4.48. The number of carbonyl (C=O) groups is 2. The summed E-state index contributed by atoms with van der Waals surface area (Å²) in [7, 11) is 0. The summed E-state index contributed by atoms with van der Waals surface area (Å²) in [5.74, 6) is -1.91. The predicted octanol–water partition coefficient (Wildman–Crippen LogP) is 0.739. The Kier molecular flexibility index (Phi) is 4.33. The lowest BCUT2D eigenvalue weighted by molar-refractivity contribution is -0.138. The van der Waals surface area contributed by atoms with Gasteiger partial charge in [0.1, 0.15) is 3.92 Å². The third-order valence-corrected chi connectivity index (χ3v) is 2.04. The quantitative estimate of drug-likeness (QED) is 0.576. The van der Waals surface area contributed by atoms with Crippen LogP contribution in [0.25, 0.3) is 0 Å². The van der Waals surface area contributed by atoms with E-state index in [1.165, 1.54) is 0 Å². The Morgan fingerprint density at radius 3 is 2.20 bits per heavy atom. The zero-order valence-corrected chi connectivity index (χ0v) is 7.24. The average Bonchev–Trinajstić information content (AvgIpc) is 1.82. The van der Waals surface area contributed by atoms with Gasteiger partial charge in [-0.2, -0.15) is 0 Å². The summed E-state index contributed by atoms with van der Waals surface area (Å²) in [6, 6.07) is 0. The molecule has 5 heteroatoms. The minimum absolute atomic E-state index is 0.0834. The fourth-order valence-electron chi connectivity index (χ4n) is 0.374. The van der Waals surface area contributed by atoms with Crippen LogP contribution in [0.4, 0.5) is 0 Å². The van der Waals surface area contributed by atoms with Crippen LogP contribution in [0.1, 0.15) is 12.8 Å². The second-order valence-electron chi connectivity index (χ2n) is 1.74. The van der Waals surface area contributed by atoms with Crippen molar-refractivity contribution in [1.82, 2.24) is 0 Å². The van der Waals surface area contributed by atoms with Crippen LogP contribution in [0.5, 0.6) is 0 Å². The molecule has 0 amide bonds. The van der Waals surface area contributed by atoms with Gasteiger partial charge in [0.25, 0.3) is 0 Å². The Morgan fingerprint density at radius 2 is 1.90 bits per heavy atom. The van der Waals surface area contributed by atoms with Crippen molar-refractivity contribution >= 4 is 34.5 Å². The first-order valence-corrected chi connectivity index (χ1v) is 3.87. The van der Waals surface area contributed by atoms with E-state index in [0.717, 1.165) is 0 Å². The van der Waals surface area contributed by atoms with Crippen molar-refractivity contribution in [1.29, 1.82) is 0 Å². The van der Waals surface area contributed by atoms with Crippen molar-refractivity contribution in [3.63, 3.8) is 0 Å². The maximum absolute atomic E-state index is 10.1. The molecule has 4 nitrogen and oxygen atoms in total. The molecular weight excluding hydrogens is 251 g/mol. The molecule has 0 aliphatic carbocycles. The summed E-state index contributed by atoms with van der Waals surface area (Å²) in [6.07, 6.45) is 0.102. The minimum Gasteiger partial charge on any atom is -0.481 e. The van der Waals surface area contributed by atoms with Crippen LogP contribution in [0.15, 0.2) is 0 Å². The molecule has 0 unspecified atom stereocenters. The van der Waals surface area contributed by atoms with Crippen molar-refractivity contribution in [3.8, 4) is 0 Å². The molecule has 0 spiro atoms. The number of alkyl halides is 1. The molecule has 0 fully saturated rings. The number of hydrogen-bond donors (Lipinski definition) is 2. The van der Waals surface area contributed by atoms with E-state index < -0.39 is 15.9 Å². The summed E-state index contributed by atoms with van der Waals surface area (Å²) in [5, 5.41) is 16.4. The molecule has 0 radical (unpaired) electrons. The molecule has 0 aromatic rings. The van der Waals surface area contributed by atoms with E-state index in [9.17, 15) is 9.59 Å². The maximum Gasteiger partial charge on any atom is 0.316 e. The lowest BCUT2D eigenvalue weighted by Crippen LogP contribution is -2.13. The first-order valence-electron chi connectivity index (χ1n) is 2.62. The van der Waals surface area contributed by atoms with Crippen LogP contribution in [0.2, 0.25) is 0 Å². The normalized spacial score (nSPS) is 12.5. The van der Waals surface area contributed by atoms with Gasteiger partial charge >= 0.3 is 11.9 Å². The number of halogens is 1. The van der Waals surface area contributed by atoms with Crippen molar-refractivity contribution < 1.29 is 19.8 Å². The molecule has 0 aliphatic rings. The molecule has 1 atom stereocenters. The molecule has 0 aliphatic heterocycles. The highest BCUT2D eigenvalue weighted by atomic mass is 127. The molecule has 58 valence electrons. The van der Waals surface area contributed by atoms with Crippen LogP contribution in [0.3, 0.4) is 0 Å². The topological polar surface area (TPSA) is 74.6 Å². The van der Waals surface area contributed by atoms with Gasteiger partial charge in [-0.1, -0.05) is 22.6 Å². The highest BCUT2D eigenvalue weighted by Crippen LogP contribution is 2.08. The SMILES string of the molecule is O=C(O)CC[C@H](I)C(=O)O. The highest BCUT2D eigenvalue weighted by molar-refractivity contribution is 14.1. The Bertz CT molecular complexity index is 145. The average molecular weight is 258 g/mol. The van der Waals surface area contributed by atoms with E-state index in [1.807, 2.05) is 0 Å². The van der Waals surface area contributed by atoms with Crippen LogP contribution in [-0.4, -0.2) is 26.1 Å². The second-order valence-corrected chi connectivity index (χ2v) is 3.24. The van der Waals surface area contributed by atoms with Gasteiger partial charge in [-0.05, 0) is 6.42 Å². The largest absolute Gasteiger partial charge is 0.481 e. The molecular formula is C5H7IO4. The van der Waals surface area contributed by atoms with Crippen molar-refractivity contribution in [3.05, 3.63) is 0 Å². The maximum atomic E-state index is 10.1. The fourth-order valence-corrected chi connectivity index (χ4v) is 0.685. The van der Waals surface area contributed by atoms with E-state index in [-0.39, 0.29) is 12.8 Å². The van der Waals surface area contributed by atoms with Gasteiger partial charge in [0.15, 0.2) is 0 Å². The first-order chi connectivity index (χ1) is 4.54. The van der Waals surface area contributed by atoms with Gasteiger partial charge in [0.05, 0.1) is 0 Å². The molecule has 0 aromatic carbocycles. The molecule has 2 N–H and O–H groups in total. The summed E-state index contributed by atoms with van der Waals surface area (Å²) in [4.78, 5) is 20.0. The van der Waals surface area contributed by atoms with Crippen LogP contribution in [-0.2, 0) is 9.59 Å². The fraction of sp³-hybridized carbons (Fsp3) is 0.600. The van der Waals surface area contributed by atoms with E-state index in [1.54, 1.807) is 22.6 Å². The standard InChI is InChI=1S/C5H7IO4/c6-3(5(9)10)1-2-4(7)8/h3H,1-2H2,(H,7,8)(H,9,10)/t3-/m0/s1. The third-order valence-electron chi connectivity index (χ3n) is 0.880. The summed E-state index contributed by atoms with van der Waals surface area (Å²) in [5.41, 5.74) is 0. The predicted molar refractivity (Wildman–Crippen MR) is 42.3 cm³/mol. The van der Waals surface area contributed by atoms with Crippen molar-refractivity contribution in [2.45, 2.75) is 16.8 Å². The number of rotatable bonds is 4. The van der Waals surface area contributed by atoms with Gasteiger partial charge in [0, 0.05) is 6.42 Å². The van der Waals surface area contributed by atoms with E-state index in [0.29, 0.717) is 0 Å². The van der Waals surface area contributed by atoms with Crippen molar-refractivity contribution in [2.24, 2.45) is 0 Å². The van der Waals surface area contributed by atoms with Gasteiger partial charge < -0.3 is 10.2 Å². The van der Waals surface area contributed by atoms with Gasteiger partial charge in [-0.25, -0.2) is 0 Å². The van der Waals surface area contributed by atoms with Crippen LogP contribution < -0.4 is 0 Å². The zero-order chi connectivity index (χ0) is 8.15. The lowest BCUT2D eigenvalue weighted by Gasteiger charge is -1.99. The Morgan fingerprint density at radius 1 is 1.40 bits per heavy atom. The molecule has 0 saturated carbocycles. The summed E-state index contributed by atoms with van der Waals surface area (Å²) in [6.45, 7) is 0. The summed E-state index contributed by atoms with van der Waals surface area (Å²) < 4.78 is -0.589. The summed E-state index contributed by atoms with van der Waals surface area (Å²) >= 11 is 1.70. The van der Waals surface area contributed by atoms with Gasteiger partial charge in [0.2, 0.25) is 0 Å². The number of carboxylic acids is 2. The number of aliphatic carboxylic acids is 2. The Labute approximate surface area is 71.4 Å². The Balaban J connectivity index is 3.49. The van der Waals surface area contributed by atoms with Crippen molar-refractivity contribution in [2.75, 3.05) is 0 Å². The van der Waals surface area contributed by atoms with Gasteiger partial charge in [-0.3, -0.25) is 9.59 Å². The first kappa shape index (κ1) is 9.67. The van der Waals surface area contributed by atoms with E-state index in [2.05, 4.69) is 0 Å². The molecule has 0 bridgehead atoms. The smallest absolute Gasteiger partial charge is 0.316 e.